The third-order valence-corrected chi connectivity index (χ3v) is 7.55. The van der Waals surface area contributed by atoms with Crippen LogP contribution in [-0.2, 0) is 13.1 Å². The third kappa shape index (κ3) is 6.20. The van der Waals surface area contributed by atoms with Crippen LogP contribution in [0, 0.1) is 0 Å². The molecule has 10 heteroatoms. The first-order valence-corrected chi connectivity index (χ1v) is 13.9. The molecule has 0 saturated carbocycles. The van der Waals surface area contributed by atoms with E-state index in [1.807, 2.05) is 54.7 Å². The van der Waals surface area contributed by atoms with Crippen molar-refractivity contribution in [2.24, 2.45) is 10.7 Å². The number of hydrogen-bond acceptors (Lipinski definition) is 5. The van der Waals surface area contributed by atoms with E-state index in [4.69, 9.17) is 38.4 Å². The molecule has 204 valence electrons. The normalized spacial score (nSPS) is 11.6. The van der Waals surface area contributed by atoms with Crippen molar-refractivity contribution in [2.45, 2.75) is 13.1 Å². The number of nitrogens with zero attached hydrogens (tertiary/aromatic N) is 4. The monoisotopic (exact) mass is 637 g/mol. The van der Waals surface area contributed by atoms with Gasteiger partial charge < -0.3 is 20.1 Å². The lowest BCUT2D eigenvalue weighted by atomic mass is 10.1. The van der Waals surface area contributed by atoms with E-state index in [9.17, 15) is 0 Å². The first-order valence-electron chi connectivity index (χ1n) is 12.3. The Hall–Kier alpha value is -3.72. The minimum atomic E-state index is 0.222. The van der Waals surface area contributed by atoms with Gasteiger partial charge in [0.1, 0.15) is 17.3 Å². The summed E-state index contributed by atoms with van der Waals surface area (Å²) in [5, 5.41) is 5.29. The van der Waals surface area contributed by atoms with Gasteiger partial charge in [0, 0.05) is 29.4 Å². The molecule has 0 fully saturated rings. The summed E-state index contributed by atoms with van der Waals surface area (Å²) in [5.74, 6) is 1.85. The topological polar surface area (TPSA) is 77.4 Å². The van der Waals surface area contributed by atoms with E-state index in [-0.39, 0.29) is 5.84 Å². The highest BCUT2D eigenvalue weighted by Crippen LogP contribution is 2.33. The zero-order valence-electron chi connectivity index (χ0n) is 21.8. The summed E-state index contributed by atoms with van der Waals surface area (Å²) in [5.41, 5.74) is 11.3. The predicted octanol–water partition coefficient (Wildman–Crippen LogP) is 7.66. The second-order valence-electron chi connectivity index (χ2n) is 9.05. The molecule has 0 bridgehead atoms. The van der Waals surface area contributed by atoms with Crippen LogP contribution >= 0.6 is 39.1 Å². The van der Waals surface area contributed by atoms with Gasteiger partial charge >= 0.3 is 0 Å². The Balaban J connectivity index is 1.44. The number of fused-ring (bicyclic) bond motifs is 1. The van der Waals surface area contributed by atoms with E-state index in [1.54, 1.807) is 24.9 Å². The molecular formula is C30H26BrCl2N5O2. The Bertz CT molecular complexity index is 1620. The number of ether oxygens (including phenoxy) is 2. The number of aliphatic imine (C=N–C) groups is 1. The molecule has 2 aromatic heterocycles. The largest absolute Gasteiger partial charge is 0.497 e. The lowest BCUT2D eigenvalue weighted by molar-refractivity contribution is 0.414. The van der Waals surface area contributed by atoms with Gasteiger partial charge in [0.25, 0.3) is 0 Å². The van der Waals surface area contributed by atoms with Crippen LogP contribution in [0.25, 0.3) is 5.52 Å². The molecule has 0 spiro atoms. The van der Waals surface area contributed by atoms with E-state index < -0.39 is 0 Å². The van der Waals surface area contributed by atoms with Crippen molar-refractivity contribution in [1.82, 2.24) is 9.61 Å². The maximum Gasteiger partial charge on any atom is 0.134 e. The quantitative estimate of drug-likeness (QED) is 0.132. The average molecular weight is 639 g/mol. The van der Waals surface area contributed by atoms with Crippen molar-refractivity contribution in [2.75, 3.05) is 19.1 Å². The lowest BCUT2D eigenvalue weighted by Gasteiger charge is -2.26. The van der Waals surface area contributed by atoms with Gasteiger partial charge in [-0.15, -0.1) is 0 Å². The summed E-state index contributed by atoms with van der Waals surface area (Å²) >= 11 is 16.8. The molecule has 0 radical (unpaired) electrons. The van der Waals surface area contributed by atoms with Crippen molar-refractivity contribution in [3.8, 4) is 11.5 Å². The highest BCUT2D eigenvalue weighted by atomic mass is 79.9. The van der Waals surface area contributed by atoms with E-state index in [0.717, 1.165) is 38.3 Å². The number of methoxy groups -OCH3 is 2. The van der Waals surface area contributed by atoms with Gasteiger partial charge in [-0.1, -0.05) is 47.5 Å². The van der Waals surface area contributed by atoms with Crippen LogP contribution in [-0.4, -0.2) is 29.7 Å². The van der Waals surface area contributed by atoms with Gasteiger partial charge in [0.05, 0.1) is 47.2 Å². The summed E-state index contributed by atoms with van der Waals surface area (Å²) in [7, 11) is 3.32. The lowest BCUT2D eigenvalue weighted by Crippen LogP contribution is -2.22. The fraction of sp³-hybridized carbons (Fsp3) is 0.133. The maximum absolute atomic E-state index is 6.75. The number of anilines is 1. The van der Waals surface area contributed by atoms with Crippen LogP contribution in [0.5, 0.6) is 11.5 Å². The van der Waals surface area contributed by atoms with Crippen LogP contribution in [0.4, 0.5) is 11.4 Å². The molecule has 40 heavy (non-hydrogen) atoms. The summed E-state index contributed by atoms with van der Waals surface area (Å²) in [6.45, 7) is 1.32. The fourth-order valence-electron chi connectivity index (χ4n) is 4.29. The highest BCUT2D eigenvalue weighted by molar-refractivity contribution is 9.10. The molecule has 3 aromatic carbocycles. The Morgan fingerprint density at radius 3 is 2.08 bits per heavy atom. The van der Waals surface area contributed by atoms with Gasteiger partial charge in [-0.2, -0.15) is 5.10 Å². The molecule has 5 aromatic rings. The number of amidine groups is 1. The Kier molecular flexibility index (Phi) is 8.49. The molecule has 0 unspecified atom stereocenters. The van der Waals surface area contributed by atoms with Gasteiger partial charge in [-0.05, 0) is 75.6 Å². The van der Waals surface area contributed by atoms with Crippen molar-refractivity contribution in [3.63, 3.8) is 0 Å². The van der Waals surface area contributed by atoms with Crippen molar-refractivity contribution in [1.29, 1.82) is 0 Å². The average Bonchev–Trinajstić information content (AvgIpc) is 3.36. The summed E-state index contributed by atoms with van der Waals surface area (Å²) in [4.78, 5) is 6.82. The summed E-state index contributed by atoms with van der Waals surface area (Å²) < 4.78 is 13.2. The molecule has 0 aliphatic rings. The number of halogens is 3. The van der Waals surface area contributed by atoms with E-state index in [2.05, 4.69) is 55.2 Å². The number of rotatable bonds is 9. The molecule has 0 aliphatic carbocycles. The molecule has 0 atom stereocenters. The summed E-state index contributed by atoms with van der Waals surface area (Å²) in [6.07, 6.45) is 3.41. The molecule has 0 amide bonds. The summed E-state index contributed by atoms with van der Waals surface area (Å²) in [6, 6.07) is 23.7. The van der Waals surface area contributed by atoms with Gasteiger partial charge in [0.15, 0.2) is 0 Å². The van der Waals surface area contributed by atoms with E-state index in [1.165, 1.54) is 0 Å². The molecule has 2 N–H and O–H groups in total. The maximum atomic E-state index is 6.75. The molecular weight excluding hydrogens is 613 g/mol. The predicted molar refractivity (Wildman–Crippen MR) is 166 cm³/mol. The first kappa shape index (κ1) is 27.8. The van der Waals surface area contributed by atoms with Crippen LogP contribution in [0.2, 0.25) is 10.0 Å². The first-order chi connectivity index (χ1) is 19.3. The van der Waals surface area contributed by atoms with E-state index >= 15 is 0 Å². The fourth-order valence-corrected chi connectivity index (χ4v) is 5.20. The van der Waals surface area contributed by atoms with Crippen molar-refractivity contribution >= 4 is 61.9 Å². The minimum absolute atomic E-state index is 0.222. The second-order valence-corrected chi connectivity index (χ2v) is 10.7. The molecule has 7 nitrogen and oxygen atoms in total. The number of hydrogen-bond donors (Lipinski definition) is 1. The smallest absolute Gasteiger partial charge is 0.134 e. The van der Waals surface area contributed by atoms with Crippen LogP contribution in [0.15, 0.2) is 94.7 Å². The molecule has 2 heterocycles. The van der Waals surface area contributed by atoms with Crippen molar-refractivity contribution < 1.29 is 9.47 Å². The molecule has 5 rings (SSSR count). The highest BCUT2D eigenvalue weighted by Gasteiger charge is 2.15. The van der Waals surface area contributed by atoms with Gasteiger partial charge in [-0.25, -0.2) is 9.51 Å². The zero-order valence-corrected chi connectivity index (χ0v) is 24.9. The van der Waals surface area contributed by atoms with Crippen LogP contribution in [0.3, 0.4) is 0 Å². The van der Waals surface area contributed by atoms with Gasteiger partial charge in [-0.3, -0.25) is 0 Å². The SMILES string of the molecule is COc1ccc(CN(Cc2ccc(OC)cc2)c2ccc(N=C(N)c3cnn4cc(Br)cc4c3Cl)c(Cl)c2)cc1. The Morgan fingerprint density at radius 2 is 1.52 bits per heavy atom. The standard InChI is InChI=1S/C30H26BrCl2N5O2/c1-39-23-8-3-19(4-9-23)16-37(17-20-5-10-24(40-2)11-6-20)22-7-12-27(26(32)14-22)36-30(34)25-15-35-38-18-21(31)13-28(38)29(25)33/h3-15,18H,16-17H2,1-2H3,(H2,34,36). The van der Waals surface area contributed by atoms with Crippen LogP contribution < -0.4 is 20.1 Å². The number of nitrogens with two attached hydrogens (primary N) is 1. The van der Waals surface area contributed by atoms with Crippen molar-refractivity contribution in [3.05, 3.63) is 116 Å². The molecule has 0 saturated heterocycles. The molecule has 0 aliphatic heterocycles. The van der Waals surface area contributed by atoms with E-state index in [0.29, 0.717) is 34.4 Å². The zero-order chi connectivity index (χ0) is 28.2. The van der Waals surface area contributed by atoms with Crippen LogP contribution in [0.1, 0.15) is 16.7 Å². The third-order valence-electron chi connectivity index (χ3n) is 6.42. The minimum Gasteiger partial charge on any atom is -0.497 e. The van der Waals surface area contributed by atoms with Gasteiger partial charge in [0.2, 0.25) is 0 Å². The Labute approximate surface area is 250 Å². The second kappa shape index (κ2) is 12.2. The Morgan fingerprint density at radius 1 is 0.925 bits per heavy atom. The number of benzene rings is 3. The number of aromatic nitrogens is 2.